The fourth-order valence-electron chi connectivity index (χ4n) is 2.50. The van der Waals surface area contributed by atoms with Gasteiger partial charge >= 0.3 is 0 Å². The molecule has 0 aliphatic carbocycles. The number of hydrogen-bond donors (Lipinski definition) is 1. The van der Waals surface area contributed by atoms with Crippen LogP contribution in [0.15, 0.2) is 48.8 Å². The van der Waals surface area contributed by atoms with Gasteiger partial charge in [0.15, 0.2) is 6.04 Å². The summed E-state index contributed by atoms with van der Waals surface area (Å²) in [6.45, 7) is 0.659. The number of benzene rings is 1. The van der Waals surface area contributed by atoms with E-state index in [9.17, 15) is 9.59 Å². The zero-order chi connectivity index (χ0) is 15.5. The van der Waals surface area contributed by atoms with E-state index in [2.05, 4.69) is 27.6 Å². The van der Waals surface area contributed by atoms with Crippen molar-refractivity contribution in [2.24, 2.45) is 0 Å². The Morgan fingerprint density at radius 3 is 2.50 bits per heavy atom. The first-order valence-corrected chi connectivity index (χ1v) is 8.07. The molecule has 2 amide bonds. The molecule has 112 valence electrons. The number of halogens is 1. The third-order valence-corrected chi connectivity index (χ3v) is 4.37. The van der Waals surface area contributed by atoms with E-state index in [1.54, 1.807) is 12.4 Å². The van der Waals surface area contributed by atoms with Crippen molar-refractivity contribution in [1.29, 1.82) is 0 Å². The van der Waals surface area contributed by atoms with Crippen molar-refractivity contribution in [3.05, 3.63) is 57.9 Å². The minimum Gasteiger partial charge on any atom is -0.332 e. The minimum absolute atomic E-state index is 0.137. The molecular formula is C16H15IN3O2+. The number of carbonyl (C=O) groups excluding carboxylic acids is 2. The fraction of sp³-hybridized carbons (Fsp3) is 0.188. The topological polar surface area (TPSA) is 66.9 Å². The molecule has 0 unspecified atom stereocenters. The average molecular weight is 408 g/mol. The molecule has 3 rings (SSSR count). The van der Waals surface area contributed by atoms with Gasteiger partial charge in [-0.1, -0.05) is 0 Å². The number of carbonyl (C=O) groups is 2. The number of pyridine rings is 1. The van der Waals surface area contributed by atoms with E-state index in [4.69, 9.17) is 0 Å². The van der Waals surface area contributed by atoms with Gasteiger partial charge in [0.1, 0.15) is 6.54 Å². The summed E-state index contributed by atoms with van der Waals surface area (Å²) >= 11 is 2.19. The lowest BCUT2D eigenvalue weighted by molar-refractivity contribution is -0.690. The fourth-order valence-corrected chi connectivity index (χ4v) is 2.86. The number of hydrogen-bond acceptors (Lipinski definition) is 3. The van der Waals surface area contributed by atoms with Gasteiger partial charge in [-0.15, -0.1) is 0 Å². The predicted molar refractivity (Wildman–Crippen MR) is 89.9 cm³/mol. The number of nitrogens with zero attached hydrogens (tertiary/aromatic N) is 2. The Bertz CT molecular complexity index is 688. The lowest BCUT2D eigenvalue weighted by Gasteiger charge is -2.14. The summed E-state index contributed by atoms with van der Waals surface area (Å²) in [7, 11) is 0. The SMILES string of the molecule is O=C1C[C@@H]([NH2+]Cc2ccncc2)C(=O)N1c1ccc(I)cc1. The van der Waals surface area contributed by atoms with Crippen LogP contribution in [0.25, 0.3) is 0 Å². The third kappa shape index (κ3) is 3.17. The van der Waals surface area contributed by atoms with Crippen molar-refractivity contribution in [3.8, 4) is 0 Å². The van der Waals surface area contributed by atoms with E-state index in [0.29, 0.717) is 12.2 Å². The molecule has 1 atom stereocenters. The normalized spacial score (nSPS) is 18.0. The Labute approximate surface area is 141 Å². The summed E-state index contributed by atoms with van der Waals surface area (Å²) in [6, 6.07) is 10.9. The molecule has 1 aromatic carbocycles. The summed E-state index contributed by atoms with van der Waals surface area (Å²) < 4.78 is 1.07. The second-order valence-electron chi connectivity index (χ2n) is 5.15. The summed E-state index contributed by atoms with van der Waals surface area (Å²) in [4.78, 5) is 29.9. The van der Waals surface area contributed by atoms with Crippen LogP contribution in [-0.4, -0.2) is 22.8 Å². The van der Waals surface area contributed by atoms with Gasteiger partial charge in [0, 0.05) is 21.5 Å². The van der Waals surface area contributed by atoms with Crippen LogP contribution >= 0.6 is 22.6 Å². The van der Waals surface area contributed by atoms with Crippen molar-refractivity contribution < 1.29 is 14.9 Å². The van der Waals surface area contributed by atoms with E-state index in [1.807, 2.05) is 41.7 Å². The van der Waals surface area contributed by atoms with Crippen LogP contribution in [0.4, 0.5) is 5.69 Å². The molecular weight excluding hydrogens is 393 g/mol. The van der Waals surface area contributed by atoms with Crippen LogP contribution in [0.5, 0.6) is 0 Å². The van der Waals surface area contributed by atoms with Gasteiger partial charge in [0.05, 0.1) is 12.1 Å². The highest BCUT2D eigenvalue weighted by Gasteiger charge is 2.42. The number of rotatable bonds is 4. The van der Waals surface area contributed by atoms with Crippen molar-refractivity contribution in [2.75, 3.05) is 4.90 Å². The van der Waals surface area contributed by atoms with Crippen LogP contribution in [-0.2, 0) is 16.1 Å². The Balaban J connectivity index is 1.70. The Kier molecular flexibility index (Phi) is 4.49. The van der Waals surface area contributed by atoms with E-state index < -0.39 is 0 Å². The van der Waals surface area contributed by atoms with Gasteiger partial charge in [-0.05, 0) is 59.0 Å². The first-order chi connectivity index (χ1) is 10.6. The van der Waals surface area contributed by atoms with Gasteiger partial charge in [-0.3, -0.25) is 14.6 Å². The molecule has 5 nitrogen and oxygen atoms in total. The second-order valence-corrected chi connectivity index (χ2v) is 6.40. The summed E-state index contributed by atoms with van der Waals surface area (Å²) in [5, 5.41) is 1.92. The number of imide groups is 1. The number of anilines is 1. The Morgan fingerprint density at radius 1 is 1.14 bits per heavy atom. The maximum atomic E-state index is 12.5. The molecule has 0 saturated carbocycles. The molecule has 1 saturated heterocycles. The van der Waals surface area contributed by atoms with Gasteiger partial charge in [0.25, 0.3) is 5.91 Å². The lowest BCUT2D eigenvalue weighted by Crippen LogP contribution is -2.90. The number of aromatic nitrogens is 1. The highest BCUT2D eigenvalue weighted by Crippen LogP contribution is 2.22. The molecule has 1 aromatic heterocycles. The molecule has 0 spiro atoms. The number of quaternary nitrogens is 1. The first kappa shape index (κ1) is 15.1. The van der Waals surface area contributed by atoms with E-state index in [0.717, 1.165) is 9.13 Å². The largest absolute Gasteiger partial charge is 0.332 e. The quantitative estimate of drug-likeness (QED) is 0.609. The van der Waals surface area contributed by atoms with Gasteiger partial charge in [0.2, 0.25) is 5.91 Å². The molecule has 1 aliphatic rings. The van der Waals surface area contributed by atoms with Gasteiger partial charge in [-0.25, -0.2) is 4.90 Å². The van der Waals surface area contributed by atoms with Crippen LogP contribution in [0.2, 0.25) is 0 Å². The predicted octanol–water partition coefficient (Wildman–Crippen LogP) is 1.08. The average Bonchev–Trinajstić information content (AvgIpc) is 2.82. The van der Waals surface area contributed by atoms with E-state index >= 15 is 0 Å². The molecule has 1 fully saturated rings. The molecule has 2 N–H and O–H groups in total. The number of nitrogens with two attached hydrogens (primary N) is 1. The summed E-state index contributed by atoms with van der Waals surface area (Å²) in [5.41, 5.74) is 1.73. The van der Waals surface area contributed by atoms with E-state index in [1.165, 1.54) is 4.90 Å². The maximum absolute atomic E-state index is 12.5. The first-order valence-electron chi connectivity index (χ1n) is 7.00. The Morgan fingerprint density at radius 2 is 1.82 bits per heavy atom. The van der Waals surface area contributed by atoms with E-state index in [-0.39, 0.29) is 24.3 Å². The molecule has 22 heavy (non-hydrogen) atoms. The molecule has 2 aromatic rings. The smallest absolute Gasteiger partial charge is 0.292 e. The molecule has 0 radical (unpaired) electrons. The maximum Gasteiger partial charge on any atom is 0.292 e. The van der Waals surface area contributed by atoms with Crippen LogP contribution < -0.4 is 10.2 Å². The zero-order valence-corrected chi connectivity index (χ0v) is 13.9. The van der Waals surface area contributed by atoms with Gasteiger partial charge in [-0.2, -0.15) is 0 Å². The summed E-state index contributed by atoms with van der Waals surface area (Å²) in [6.07, 6.45) is 3.70. The standard InChI is InChI=1S/C16H14IN3O2/c17-12-1-3-13(4-2-12)20-15(21)9-14(16(20)22)19-10-11-5-7-18-8-6-11/h1-8,14,19H,9-10H2/p+1/t14-/m1/s1. The van der Waals surface area contributed by atoms with Gasteiger partial charge < -0.3 is 5.32 Å². The van der Waals surface area contributed by atoms with Crippen LogP contribution in [0.3, 0.4) is 0 Å². The monoisotopic (exact) mass is 408 g/mol. The van der Waals surface area contributed by atoms with Crippen molar-refractivity contribution >= 4 is 40.1 Å². The lowest BCUT2D eigenvalue weighted by atomic mass is 10.2. The highest BCUT2D eigenvalue weighted by atomic mass is 127. The Hall–Kier alpha value is -1.80. The van der Waals surface area contributed by atoms with Crippen LogP contribution in [0, 0.1) is 3.57 Å². The molecule has 0 bridgehead atoms. The van der Waals surface area contributed by atoms with Crippen molar-refractivity contribution in [2.45, 2.75) is 19.0 Å². The molecule has 1 aliphatic heterocycles. The van der Waals surface area contributed by atoms with Crippen molar-refractivity contribution in [3.63, 3.8) is 0 Å². The molecule has 6 heteroatoms. The van der Waals surface area contributed by atoms with Crippen molar-refractivity contribution in [1.82, 2.24) is 4.98 Å². The van der Waals surface area contributed by atoms with Crippen LogP contribution in [0.1, 0.15) is 12.0 Å². The highest BCUT2D eigenvalue weighted by molar-refractivity contribution is 14.1. The zero-order valence-electron chi connectivity index (χ0n) is 11.8. The minimum atomic E-state index is -0.347. The summed E-state index contributed by atoms with van der Waals surface area (Å²) in [5.74, 6) is -0.276. The third-order valence-electron chi connectivity index (χ3n) is 3.65. The second kappa shape index (κ2) is 6.53. The molecule has 2 heterocycles. The number of amides is 2.